The Morgan fingerprint density at radius 2 is 2.03 bits per heavy atom. The van der Waals surface area contributed by atoms with Gasteiger partial charge >= 0.3 is 6.03 Å². The largest absolute Gasteiger partial charge is 0.381 e. The Hall–Kier alpha value is -2.41. The Balaban J connectivity index is 1.46. The van der Waals surface area contributed by atoms with Crippen molar-refractivity contribution < 1.29 is 14.1 Å². The zero-order valence-corrected chi connectivity index (χ0v) is 17.3. The van der Waals surface area contributed by atoms with Gasteiger partial charge in [-0.3, -0.25) is 0 Å². The van der Waals surface area contributed by atoms with Gasteiger partial charge in [-0.1, -0.05) is 30.6 Å². The molecule has 2 aliphatic rings. The number of amides is 2. The molecule has 1 unspecified atom stereocenters. The predicted molar refractivity (Wildman–Crippen MR) is 110 cm³/mol. The molecule has 2 saturated heterocycles. The van der Waals surface area contributed by atoms with Gasteiger partial charge in [0, 0.05) is 37.4 Å². The van der Waals surface area contributed by atoms with E-state index in [0.29, 0.717) is 38.0 Å². The summed E-state index contributed by atoms with van der Waals surface area (Å²) in [6.07, 6.45) is 5.24. The molecule has 1 N–H and O–H groups in total. The Morgan fingerprint density at radius 3 is 2.69 bits per heavy atom. The minimum atomic E-state index is -0.0732. The highest BCUT2D eigenvalue weighted by Crippen LogP contribution is 2.49. The van der Waals surface area contributed by atoms with Gasteiger partial charge in [-0.15, -0.1) is 0 Å². The number of unbranched alkanes of at least 4 members (excludes halogenated alkanes) is 1. The molecule has 4 rings (SSSR count). The molecule has 1 spiro atoms. The van der Waals surface area contributed by atoms with Gasteiger partial charge in [0.05, 0.1) is 5.92 Å². The number of rotatable bonds is 5. The molecule has 29 heavy (non-hydrogen) atoms. The molecule has 3 heterocycles. The molecule has 2 fully saturated rings. The standard InChI is InChI=1S/C22H30N4O3/c1-3-4-5-17-6-8-18(9-7-17)24-21(27)26-14-19(20-23-16(2)25-29-20)22(15-26)10-12-28-13-11-22/h6-9,19H,3-5,10-15H2,1-2H3,(H,24,27). The van der Waals surface area contributed by atoms with E-state index in [-0.39, 0.29) is 17.4 Å². The summed E-state index contributed by atoms with van der Waals surface area (Å²) in [5.74, 6) is 1.32. The van der Waals surface area contributed by atoms with Crippen LogP contribution in [-0.2, 0) is 11.2 Å². The second-order valence-corrected chi connectivity index (χ2v) is 8.32. The van der Waals surface area contributed by atoms with E-state index in [9.17, 15) is 4.79 Å². The highest BCUT2D eigenvalue weighted by atomic mass is 16.5. The fourth-order valence-corrected chi connectivity index (χ4v) is 4.54. The summed E-state index contributed by atoms with van der Waals surface area (Å²) in [6, 6.07) is 8.10. The van der Waals surface area contributed by atoms with E-state index < -0.39 is 0 Å². The van der Waals surface area contributed by atoms with Crippen molar-refractivity contribution in [3.8, 4) is 0 Å². The van der Waals surface area contributed by atoms with E-state index in [1.54, 1.807) is 0 Å². The first-order chi connectivity index (χ1) is 14.1. The Morgan fingerprint density at radius 1 is 1.28 bits per heavy atom. The number of nitrogens with one attached hydrogen (secondary N) is 1. The summed E-state index contributed by atoms with van der Waals surface area (Å²) in [5, 5.41) is 7.03. The summed E-state index contributed by atoms with van der Waals surface area (Å²) < 4.78 is 11.1. The molecule has 0 aliphatic carbocycles. The quantitative estimate of drug-likeness (QED) is 0.818. The maximum atomic E-state index is 13.0. The lowest BCUT2D eigenvalue weighted by Crippen LogP contribution is -2.38. The minimum Gasteiger partial charge on any atom is -0.381 e. The first-order valence-electron chi connectivity index (χ1n) is 10.6. The molecule has 1 atom stereocenters. The Labute approximate surface area is 171 Å². The molecule has 1 aromatic carbocycles. The molecule has 2 aliphatic heterocycles. The average molecular weight is 399 g/mol. The van der Waals surface area contributed by atoms with Crippen LogP contribution in [0.4, 0.5) is 10.5 Å². The number of nitrogens with zero attached hydrogens (tertiary/aromatic N) is 3. The Kier molecular flexibility index (Phi) is 5.85. The van der Waals surface area contributed by atoms with Crippen LogP contribution in [0.15, 0.2) is 28.8 Å². The minimum absolute atomic E-state index is 0.0507. The van der Waals surface area contributed by atoms with Crippen LogP contribution < -0.4 is 5.32 Å². The van der Waals surface area contributed by atoms with Gasteiger partial charge in [0.25, 0.3) is 0 Å². The molecule has 7 nitrogen and oxygen atoms in total. The van der Waals surface area contributed by atoms with E-state index in [0.717, 1.165) is 24.9 Å². The van der Waals surface area contributed by atoms with Crippen molar-refractivity contribution in [2.45, 2.75) is 51.9 Å². The molecule has 1 aromatic heterocycles. The number of urea groups is 1. The summed E-state index contributed by atoms with van der Waals surface area (Å²) in [4.78, 5) is 19.4. The highest BCUT2D eigenvalue weighted by Gasteiger charge is 2.51. The maximum Gasteiger partial charge on any atom is 0.321 e. The summed E-state index contributed by atoms with van der Waals surface area (Å²) in [7, 11) is 0. The van der Waals surface area contributed by atoms with E-state index in [2.05, 4.69) is 34.5 Å². The van der Waals surface area contributed by atoms with Gasteiger partial charge < -0.3 is 19.5 Å². The number of anilines is 1. The van der Waals surface area contributed by atoms with Gasteiger partial charge in [0.15, 0.2) is 5.82 Å². The fraction of sp³-hybridized carbons (Fsp3) is 0.591. The van der Waals surface area contributed by atoms with Crippen molar-refractivity contribution in [1.82, 2.24) is 15.0 Å². The third kappa shape index (κ3) is 4.29. The van der Waals surface area contributed by atoms with E-state index in [4.69, 9.17) is 9.26 Å². The third-order valence-corrected chi connectivity index (χ3v) is 6.29. The summed E-state index contributed by atoms with van der Waals surface area (Å²) in [6.45, 7) is 6.70. The lowest BCUT2D eigenvalue weighted by atomic mass is 9.72. The van der Waals surface area contributed by atoms with Crippen LogP contribution in [0.1, 0.15) is 55.8 Å². The molecule has 7 heteroatoms. The van der Waals surface area contributed by atoms with E-state index >= 15 is 0 Å². The molecule has 2 aromatic rings. The predicted octanol–water partition coefficient (Wildman–Crippen LogP) is 4.15. The smallest absolute Gasteiger partial charge is 0.321 e. The molecular formula is C22H30N4O3. The molecule has 0 bridgehead atoms. The molecule has 0 radical (unpaired) electrons. The van der Waals surface area contributed by atoms with Crippen molar-refractivity contribution in [3.63, 3.8) is 0 Å². The third-order valence-electron chi connectivity index (χ3n) is 6.29. The number of likely N-dealkylation sites (tertiary alicyclic amines) is 1. The fourth-order valence-electron chi connectivity index (χ4n) is 4.54. The lowest BCUT2D eigenvalue weighted by Gasteiger charge is -2.36. The van der Waals surface area contributed by atoms with Gasteiger partial charge in [-0.05, 0) is 50.3 Å². The zero-order valence-electron chi connectivity index (χ0n) is 17.3. The van der Waals surface area contributed by atoms with Crippen molar-refractivity contribution in [2.24, 2.45) is 5.41 Å². The molecule has 156 valence electrons. The van der Waals surface area contributed by atoms with Crippen molar-refractivity contribution in [2.75, 3.05) is 31.6 Å². The first-order valence-corrected chi connectivity index (χ1v) is 10.6. The molecule has 0 saturated carbocycles. The zero-order chi connectivity index (χ0) is 20.3. The number of hydrogen-bond acceptors (Lipinski definition) is 5. The van der Waals surface area contributed by atoms with Crippen molar-refractivity contribution in [3.05, 3.63) is 41.5 Å². The van der Waals surface area contributed by atoms with Crippen LogP contribution in [0.3, 0.4) is 0 Å². The lowest BCUT2D eigenvalue weighted by molar-refractivity contribution is 0.00959. The van der Waals surface area contributed by atoms with Gasteiger partial charge in [-0.25, -0.2) is 4.79 Å². The van der Waals surface area contributed by atoms with Crippen molar-refractivity contribution >= 4 is 11.7 Å². The maximum absolute atomic E-state index is 13.0. The van der Waals surface area contributed by atoms with E-state index in [1.807, 2.05) is 24.0 Å². The van der Waals surface area contributed by atoms with Crippen LogP contribution in [0, 0.1) is 12.3 Å². The average Bonchev–Trinajstić information content (AvgIpc) is 3.32. The Bertz CT molecular complexity index is 827. The normalized spacial score (nSPS) is 20.9. The number of benzene rings is 1. The number of hydrogen-bond donors (Lipinski definition) is 1. The van der Waals surface area contributed by atoms with E-state index in [1.165, 1.54) is 18.4 Å². The molecule has 2 amide bonds. The van der Waals surface area contributed by atoms with Gasteiger partial charge in [0.2, 0.25) is 5.89 Å². The topological polar surface area (TPSA) is 80.5 Å². The summed E-state index contributed by atoms with van der Waals surface area (Å²) in [5.41, 5.74) is 2.07. The number of carbonyl (C=O) groups is 1. The van der Waals surface area contributed by atoms with Crippen LogP contribution in [0.25, 0.3) is 0 Å². The van der Waals surface area contributed by atoms with Crippen LogP contribution in [0.5, 0.6) is 0 Å². The van der Waals surface area contributed by atoms with Crippen molar-refractivity contribution in [1.29, 1.82) is 0 Å². The first kappa shape index (κ1) is 19.9. The van der Waals surface area contributed by atoms with Crippen LogP contribution in [-0.4, -0.2) is 47.4 Å². The highest BCUT2D eigenvalue weighted by molar-refractivity contribution is 5.89. The van der Waals surface area contributed by atoms with Crippen LogP contribution in [0.2, 0.25) is 0 Å². The number of ether oxygens (including phenoxy) is 1. The number of aryl methyl sites for hydroxylation is 2. The monoisotopic (exact) mass is 398 g/mol. The number of carbonyl (C=O) groups excluding carboxylic acids is 1. The van der Waals surface area contributed by atoms with Gasteiger partial charge in [0.1, 0.15) is 0 Å². The SMILES string of the molecule is CCCCc1ccc(NC(=O)N2CC(c3nc(C)no3)C3(CCOCC3)C2)cc1. The van der Waals surface area contributed by atoms with Gasteiger partial charge in [-0.2, -0.15) is 4.98 Å². The second-order valence-electron chi connectivity index (χ2n) is 8.32. The summed E-state index contributed by atoms with van der Waals surface area (Å²) >= 11 is 0. The molecular weight excluding hydrogens is 368 g/mol. The second kappa shape index (κ2) is 8.53. The van der Waals surface area contributed by atoms with Crippen LogP contribution >= 0.6 is 0 Å². The number of aromatic nitrogens is 2.